The van der Waals surface area contributed by atoms with E-state index in [0.29, 0.717) is 11.5 Å². The van der Waals surface area contributed by atoms with Crippen molar-refractivity contribution < 1.29 is 0 Å². The third-order valence-electron chi connectivity index (χ3n) is 6.11. The maximum atomic E-state index is 5.87. The van der Waals surface area contributed by atoms with Crippen molar-refractivity contribution in [2.24, 2.45) is 29.0 Å². The van der Waals surface area contributed by atoms with Crippen LogP contribution in [0.15, 0.2) is 17.5 Å². The molecular weight excluding hydrogens is 264 g/mol. The van der Waals surface area contributed by atoms with Crippen LogP contribution in [0.3, 0.4) is 0 Å². The van der Waals surface area contributed by atoms with Gasteiger partial charge in [-0.15, -0.1) is 11.3 Å². The van der Waals surface area contributed by atoms with Crippen molar-refractivity contribution in [2.45, 2.75) is 57.4 Å². The van der Waals surface area contributed by atoms with Crippen molar-refractivity contribution in [3.05, 3.63) is 22.4 Å². The summed E-state index contributed by atoms with van der Waals surface area (Å²) in [6, 6.07) is 4.86. The molecule has 4 bridgehead atoms. The highest BCUT2D eigenvalue weighted by molar-refractivity contribution is 7.09. The maximum absolute atomic E-state index is 5.87. The molecule has 0 radical (unpaired) electrons. The summed E-state index contributed by atoms with van der Waals surface area (Å²) >= 11 is 1.86. The molecule has 4 aliphatic carbocycles. The summed E-state index contributed by atoms with van der Waals surface area (Å²) in [7, 11) is 0. The number of nitrogens with one attached hydrogen (secondary N) is 1. The van der Waals surface area contributed by atoms with Gasteiger partial charge in [0.1, 0.15) is 0 Å². The Kier molecular flexibility index (Phi) is 3.40. The second-order valence-corrected chi connectivity index (χ2v) is 8.80. The van der Waals surface area contributed by atoms with Gasteiger partial charge < -0.3 is 0 Å². The number of hydrogen-bond acceptors (Lipinski definition) is 3. The van der Waals surface area contributed by atoms with Crippen LogP contribution in [0.2, 0.25) is 0 Å². The van der Waals surface area contributed by atoms with E-state index in [1.807, 2.05) is 11.3 Å². The fourth-order valence-electron chi connectivity index (χ4n) is 5.92. The number of hydrazine groups is 1. The van der Waals surface area contributed by atoms with Gasteiger partial charge in [0.05, 0.1) is 0 Å². The van der Waals surface area contributed by atoms with Crippen LogP contribution < -0.4 is 11.3 Å². The lowest BCUT2D eigenvalue weighted by atomic mass is 9.48. The average molecular weight is 290 g/mol. The minimum Gasteiger partial charge on any atom is -0.271 e. The van der Waals surface area contributed by atoms with Crippen molar-refractivity contribution in [2.75, 3.05) is 0 Å². The van der Waals surface area contributed by atoms with Crippen LogP contribution in [0.1, 0.15) is 49.8 Å². The summed E-state index contributed by atoms with van der Waals surface area (Å²) in [4.78, 5) is 1.47. The zero-order chi connectivity index (χ0) is 13.6. The lowest BCUT2D eigenvalue weighted by molar-refractivity contribution is -0.0619. The highest BCUT2D eigenvalue weighted by Gasteiger charge is 2.51. The molecule has 1 unspecified atom stereocenters. The molecule has 110 valence electrons. The van der Waals surface area contributed by atoms with Gasteiger partial charge in [0, 0.05) is 10.9 Å². The average Bonchev–Trinajstić information content (AvgIpc) is 2.89. The van der Waals surface area contributed by atoms with Gasteiger partial charge in [0.25, 0.3) is 0 Å². The van der Waals surface area contributed by atoms with Crippen molar-refractivity contribution in [3.63, 3.8) is 0 Å². The van der Waals surface area contributed by atoms with Gasteiger partial charge in [0.2, 0.25) is 0 Å². The third-order valence-corrected chi connectivity index (χ3v) is 7.01. The predicted molar refractivity (Wildman–Crippen MR) is 84.4 cm³/mol. The summed E-state index contributed by atoms with van der Waals surface area (Å²) in [6.45, 7) is 0. The fraction of sp³-hybridized carbons (Fsp3) is 0.765. The number of rotatable bonds is 5. The molecule has 0 aromatic carbocycles. The zero-order valence-electron chi connectivity index (χ0n) is 12.2. The summed E-state index contributed by atoms with van der Waals surface area (Å²) in [5, 5.41) is 2.17. The van der Waals surface area contributed by atoms with Gasteiger partial charge >= 0.3 is 0 Å². The van der Waals surface area contributed by atoms with E-state index in [-0.39, 0.29) is 0 Å². The highest BCUT2D eigenvalue weighted by atomic mass is 32.1. The molecule has 1 aromatic heterocycles. The Labute approximate surface area is 126 Å². The summed E-state index contributed by atoms with van der Waals surface area (Å²) in [5.41, 5.74) is 3.75. The van der Waals surface area contributed by atoms with Crippen LogP contribution in [0.5, 0.6) is 0 Å². The van der Waals surface area contributed by atoms with E-state index in [2.05, 4.69) is 22.9 Å². The summed E-state index contributed by atoms with van der Waals surface area (Å²) < 4.78 is 0. The normalized spacial score (nSPS) is 40.1. The van der Waals surface area contributed by atoms with Crippen LogP contribution in [-0.4, -0.2) is 6.04 Å². The van der Waals surface area contributed by atoms with E-state index in [9.17, 15) is 0 Å². The van der Waals surface area contributed by atoms with Gasteiger partial charge in [-0.05, 0) is 86.0 Å². The molecule has 0 spiro atoms. The van der Waals surface area contributed by atoms with Crippen LogP contribution >= 0.6 is 11.3 Å². The molecule has 3 heteroatoms. The van der Waals surface area contributed by atoms with Crippen molar-refractivity contribution in [3.8, 4) is 0 Å². The van der Waals surface area contributed by atoms with Crippen molar-refractivity contribution in [1.29, 1.82) is 0 Å². The SMILES string of the molecule is NNC(Cc1cccs1)CC12CC3CC(CC(C3)C1)C2. The minimum atomic E-state index is 0.463. The third kappa shape index (κ3) is 2.44. The molecule has 1 aromatic rings. The lowest BCUT2D eigenvalue weighted by Gasteiger charge is -2.57. The first kappa shape index (κ1) is 13.3. The number of hydrogen-bond donors (Lipinski definition) is 2. The van der Waals surface area contributed by atoms with Crippen molar-refractivity contribution in [1.82, 2.24) is 5.43 Å². The first-order valence-electron chi connectivity index (χ1n) is 8.23. The van der Waals surface area contributed by atoms with E-state index in [1.54, 1.807) is 0 Å². The lowest BCUT2D eigenvalue weighted by Crippen LogP contribution is -2.50. The highest BCUT2D eigenvalue weighted by Crippen LogP contribution is 2.61. The molecule has 4 fully saturated rings. The Hall–Kier alpha value is -0.380. The Morgan fingerprint density at radius 2 is 1.85 bits per heavy atom. The van der Waals surface area contributed by atoms with Crippen LogP contribution in [0.25, 0.3) is 0 Å². The molecular formula is C17H26N2S. The molecule has 5 rings (SSSR count). The zero-order valence-corrected chi connectivity index (χ0v) is 13.0. The van der Waals surface area contributed by atoms with Gasteiger partial charge in [-0.1, -0.05) is 6.07 Å². The van der Waals surface area contributed by atoms with E-state index < -0.39 is 0 Å². The Morgan fingerprint density at radius 3 is 2.35 bits per heavy atom. The molecule has 4 aliphatic rings. The van der Waals surface area contributed by atoms with Crippen molar-refractivity contribution >= 4 is 11.3 Å². The molecule has 1 atom stereocenters. The second-order valence-electron chi connectivity index (χ2n) is 7.77. The molecule has 0 aliphatic heterocycles. The Morgan fingerprint density at radius 1 is 1.20 bits per heavy atom. The Balaban J connectivity index is 1.46. The van der Waals surface area contributed by atoms with E-state index >= 15 is 0 Å². The standard InChI is InChI=1S/C17H26N2S/c18-19-15(7-16-2-1-3-20-16)11-17-8-12-4-13(9-17)6-14(5-12)10-17/h1-3,12-15,19H,4-11,18H2. The molecule has 0 amide bonds. The molecule has 3 N–H and O–H groups in total. The monoisotopic (exact) mass is 290 g/mol. The van der Waals surface area contributed by atoms with Gasteiger partial charge in [0.15, 0.2) is 0 Å². The van der Waals surface area contributed by atoms with Crippen LogP contribution in [0, 0.1) is 23.2 Å². The second kappa shape index (κ2) is 5.11. The number of nitrogens with two attached hydrogens (primary N) is 1. The van der Waals surface area contributed by atoms with E-state index in [4.69, 9.17) is 5.84 Å². The summed E-state index contributed by atoms with van der Waals surface area (Å²) in [5.74, 6) is 9.00. The van der Waals surface area contributed by atoms with Gasteiger partial charge in [-0.2, -0.15) is 0 Å². The van der Waals surface area contributed by atoms with Gasteiger partial charge in [-0.25, -0.2) is 0 Å². The van der Waals surface area contributed by atoms with E-state index in [0.717, 1.165) is 24.2 Å². The quantitative estimate of drug-likeness (QED) is 0.640. The molecule has 4 saturated carbocycles. The molecule has 0 saturated heterocycles. The maximum Gasteiger partial charge on any atom is 0.0264 e. The largest absolute Gasteiger partial charge is 0.271 e. The smallest absolute Gasteiger partial charge is 0.0264 e. The van der Waals surface area contributed by atoms with E-state index in [1.165, 1.54) is 49.8 Å². The molecule has 2 nitrogen and oxygen atoms in total. The minimum absolute atomic E-state index is 0.463. The molecule has 1 heterocycles. The van der Waals surface area contributed by atoms with Crippen LogP contribution in [-0.2, 0) is 6.42 Å². The number of thiophene rings is 1. The molecule has 20 heavy (non-hydrogen) atoms. The topological polar surface area (TPSA) is 38.0 Å². The first-order chi connectivity index (χ1) is 9.75. The summed E-state index contributed by atoms with van der Waals surface area (Å²) in [6.07, 6.45) is 11.5. The fourth-order valence-corrected chi connectivity index (χ4v) is 6.71. The Bertz CT molecular complexity index is 418. The predicted octanol–water partition coefficient (Wildman–Crippen LogP) is 3.73. The van der Waals surface area contributed by atoms with Gasteiger partial charge in [-0.3, -0.25) is 11.3 Å². The van der Waals surface area contributed by atoms with Crippen LogP contribution in [0.4, 0.5) is 0 Å². The first-order valence-corrected chi connectivity index (χ1v) is 9.11.